The number of nitrogens with zero attached hydrogens (tertiary/aromatic N) is 3. The number of methoxy groups -OCH3 is 2. The molecule has 0 atom stereocenters. The third-order valence-corrected chi connectivity index (χ3v) is 5.14. The molecule has 1 aliphatic heterocycles. The molecule has 4 rings (SSSR count). The van der Waals surface area contributed by atoms with Gasteiger partial charge >= 0.3 is 0 Å². The van der Waals surface area contributed by atoms with Crippen molar-refractivity contribution in [3.63, 3.8) is 0 Å². The second kappa shape index (κ2) is 7.56. The van der Waals surface area contributed by atoms with Crippen LogP contribution in [0, 0.1) is 0 Å². The van der Waals surface area contributed by atoms with E-state index in [1.807, 2.05) is 29.2 Å². The normalized spacial score (nSPS) is 13.2. The van der Waals surface area contributed by atoms with E-state index < -0.39 is 0 Å². The topological polar surface area (TPSA) is 56.6 Å². The van der Waals surface area contributed by atoms with E-state index in [0.717, 1.165) is 17.7 Å². The molecule has 6 nitrogen and oxygen atoms in total. The minimum Gasteiger partial charge on any atom is -0.493 e. The number of hydrogen-bond donors (Lipinski definition) is 0. The molecule has 2 heterocycles. The monoisotopic (exact) mass is 397 g/mol. The molecular formula is C21H20ClN3O3. The molecule has 0 aliphatic carbocycles. The minimum atomic E-state index is -0.0475. The molecule has 3 aromatic rings. The van der Waals surface area contributed by atoms with Crippen molar-refractivity contribution in [2.75, 3.05) is 20.8 Å². The lowest BCUT2D eigenvalue weighted by Crippen LogP contribution is -2.35. The summed E-state index contributed by atoms with van der Waals surface area (Å²) in [5, 5.41) is 4.93. The second-order valence-corrected chi connectivity index (χ2v) is 7.04. The zero-order valence-electron chi connectivity index (χ0n) is 15.7. The predicted molar refractivity (Wildman–Crippen MR) is 107 cm³/mol. The zero-order valence-corrected chi connectivity index (χ0v) is 16.4. The maximum absolute atomic E-state index is 13.0. The molecule has 1 aromatic heterocycles. The van der Waals surface area contributed by atoms with Crippen molar-refractivity contribution in [2.24, 2.45) is 0 Å². The first-order valence-electron chi connectivity index (χ1n) is 8.92. The van der Waals surface area contributed by atoms with Gasteiger partial charge < -0.3 is 14.4 Å². The number of ether oxygens (including phenoxy) is 2. The average molecular weight is 398 g/mol. The number of carbonyl (C=O) groups is 1. The number of carbonyl (C=O) groups excluding carboxylic acids is 1. The molecule has 1 amide bonds. The fourth-order valence-corrected chi connectivity index (χ4v) is 3.62. The van der Waals surface area contributed by atoms with Gasteiger partial charge in [0.25, 0.3) is 5.91 Å². The lowest BCUT2D eigenvalue weighted by Gasteiger charge is -2.29. The zero-order chi connectivity index (χ0) is 19.7. The first kappa shape index (κ1) is 18.4. The molecule has 0 unspecified atom stereocenters. The highest BCUT2D eigenvalue weighted by atomic mass is 35.5. The molecule has 0 bridgehead atoms. The van der Waals surface area contributed by atoms with Gasteiger partial charge in [-0.05, 0) is 47.9 Å². The van der Waals surface area contributed by atoms with Gasteiger partial charge in [0, 0.05) is 24.3 Å². The highest BCUT2D eigenvalue weighted by Gasteiger charge is 2.24. The maximum Gasteiger partial charge on any atom is 0.257 e. The lowest BCUT2D eigenvalue weighted by molar-refractivity contribution is 0.0734. The third-order valence-electron chi connectivity index (χ3n) is 4.91. The van der Waals surface area contributed by atoms with Gasteiger partial charge in [-0.3, -0.25) is 4.79 Å². The summed E-state index contributed by atoms with van der Waals surface area (Å²) in [6.45, 7) is 1.17. The van der Waals surface area contributed by atoms with E-state index in [0.29, 0.717) is 35.2 Å². The standard InChI is InChI=1S/C21H20ClN3O3/c1-27-19-8-14-6-7-24(12-15(14)9-20(19)28-2)21(26)16-11-23-25(13-16)18-5-3-4-17(22)10-18/h3-5,8-11,13H,6-7,12H2,1-2H3. The van der Waals surface area contributed by atoms with E-state index in [1.54, 1.807) is 43.4 Å². The Morgan fingerprint density at radius 3 is 2.57 bits per heavy atom. The number of aromatic nitrogens is 2. The van der Waals surface area contributed by atoms with Crippen molar-refractivity contribution in [1.82, 2.24) is 14.7 Å². The summed E-state index contributed by atoms with van der Waals surface area (Å²) in [5.41, 5.74) is 3.60. The molecule has 144 valence electrons. The van der Waals surface area contributed by atoms with Crippen LogP contribution in [0.5, 0.6) is 11.5 Å². The Hall–Kier alpha value is -2.99. The summed E-state index contributed by atoms with van der Waals surface area (Å²) in [6.07, 6.45) is 4.09. The Morgan fingerprint density at radius 2 is 1.86 bits per heavy atom. The molecule has 0 saturated carbocycles. The fraction of sp³-hybridized carbons (Fsp3) is 0.238. The van der Waals surface area contributed by atoms with E-state index in [2.05, 4.69) is 5.10 Å². The van der Waals surface area contributed by atoms with Crippen LogP contribution in [0.25, 0.3) is 5.69 Å². The number of fused-ring (bicyclic) bond motifs is 1. The summed E-state index contributed by atoms with van der Waals surface area (Å²) in [5.74, 6) is 1.34. The highest BCUT2D eigenvalue weighted by molar-refractivity contribution is 6.30. The number of hydrogen-bond acceptors (Lipinski definition) is 4. The third kappa shape index (κ3) is 3.43. The summed E-state index contributed by atoms with van der Waals surface area (Å²) in [4.78, 5) is 14.8. The Bertz CT molecular complexity index is 1030. The lowest BCUT2D eigenvalue weighted by atomic mass is 9.98. The smallest absolute Gasteiger partial charge is 0.257 e. The Labute approximate surface area is 168 Å². The van der Waals surface area contributed by atoms with Gasteiger partial charge in [-0.2, -0.15) is 5.10 Å². The van der Waals surface area contributed by atoms with Crippen molar-refractivity contribution >= 4 is 17.5 Å². The number of amides is 1. The Balaban J connectivity index is 1.55. The van der Waals surface area contributed by atoms with Gasteiger partial charge in [0.15, 0.2) is 11.5 Å². The van der Waals surface area contributed by atoms with Crippen LogP contribution in [-0.4, -0.2) is 41.4 Å². The van der Waals surface area contributed by atoms with Crippen LogP contribution in [0.15, 0.2) is 48.8 Å². The van der Waals surface area contributed by atoms with E-state index in [4.69, 9.17) is 21.1 Å². The average Bonchev–Trinajstić information content (AvgIpc) is 3.22. The van der Waals surface area contributed by atoms with Crippen LogP contribution in [0.1, 0.15) is 21.5 Å². The Kier molecular flexibility index (Phi) is 4.96. The van der Waals surface area contributed by atoms with Crippen molar-refractivity contribution in [1.29, 1.82) is 0 Å². The van der Waals surface area contributed by atoms with Crippen LogP contribution >= 0.6 is 11.6 Å². The highest BCUT2D eigenvalue weighted by Crippen LogP contribution is 2.33. The van der Waals surface area contributed by atoms with Crippen molar-refractivity contribution < 1.29 is 14.3 Å². The molecule has 28 heavy (non-hydrogen) atoms. The summed E-state index contributed by atoms with van der Waals surface area (Å²) in [6, 6.07) is 11.3. The van der Waals surface area contributed by atoms with Crippen LogP contribution < -0.4 is 9.47 Å². The molecule has 0 spiro atoms. The first-order chi connectivity index (χ1) is 13.6. The number of rotatable bonds is 4. The molecule has 2 aromatic carbocycles. The van der Waals surface area contributed by atoms with Gasteiger partial charge in [0.1, 0.15) is 0 Å². The van der Waals surface area contributed by atoms with Gasteiger partial charge in [-0.1, -0.05) is 17.7 Å². The molecule has 0 radical (unpaired) electrons. The molecule has 7 heteroatoms. The van der Waals surface area contributed by atoms with Gasteiger partial charge in [0.2, 0.25) is 0 Å². The van der Waals surface area contributed by atoms with Gasteiger partial charge in [-0.15, -0.1) is 0 Å². The van der Waals surface area contributed by atoms with Crippen LogP contribution in [0.2, 0.25) is 5.02 Å². The minimum absolute atomic E-state index is 0.0475. The Morgan fingerprint density at radius 1 is 1.11 bits per heavy atom. The van der Waals surface area contributed by atoms with Crippen LogP contribution in [0.4, 0.5) is 0 Å². The van der Waals surface area contributed by atoms with E-state index in [-0.39, 0.29) is 5.91 Å². The van der Waals surface area contributed by atoms with E-state index in [9.17, 15) is 4.79 Å². The van der Waals surface area contributed by atoms with Crippen molar-refractivity contribution in [3.05, 3.63) is 70.5 Å². The summed E-state index contributed by atoms with van der Waals surface area (Å²) >= 11 is 6.04. The summed E-state index contributed by atoms with van der Waals surface area (Å²) < 4.78 is 12.4. The molecule has 0 N–H and O–H groups in total. The van der Waals surface area contributed by atoms with Crippen molar-refractivity contribution in [3.8, 4) is 17.2 Å². The van der Waals surface area contributed by atoms with E-state index in [1.165, 1.54) is 5.56 Å². The van der Waals surface area contributed by atoms with Crippen LogP contribution in [0.3, 0.4) is 0 Å². The van der Waals surface area contributed by atoms with Gasteiger partial charge in [-0.25, -0.2) is 4.68 Å². The molecule has 0 saturated heterocycles. The molecule has 1 aliphatic rings. The molecule has 0 fully saturated rings. The summed E-state index contributed by atoms with van der Waals surface area (Å²) in [7, 11) is 3.24. The van der Waals surface area contributed by atoms with Crippen molar-refractivity contribution in [2.45, 2.75) is 13.0 Å². The molecular weight excluding hydrogens is 378 g/mol. The van der Waals surface area contributed by atoms with E-state index >= 15 is 0 Å². The fourth-order valence-electron chi connectivity index (χ4n) is 3.43. The number of benzene rings is 2. The van der Waals surface area contributed by atoms with Gasteiger partial charge in [0.05, 0.1) is 31.7 Å². The number of halogens is 1. The quantitative estimate of drug-likeness (QED) is 0.673. The maximum atomic E-state index is 13.0. The van der Waals surface area contributed by atoms with Crippen LogP contribution in [-0.2, 0) is 13.0 Å². The first-order valence-corrected chi connectivity index (χ1v) is 9.30. The second-order valence-electron chi connectivity index (χ2n) is 6.61. The largest absolute Gasteiger partial charge is 0.493 e. The predicted octanol–water partition coefficient (Wildman–Crippen LogP) is 3.74. The SMILES string of the molecule is COc1cc2c(cc1OC)CN(C(=O)c1cnn(-c3cccc(Cl)c3)c1)CC2.